The lowest BCUT2D eigenvalue weighted by Gasteiger charge is -2.26. The number of furan rings is 1. The maximum absolute atomic E-state index is 5.44. The summed E-state index contributed by atoms with van der Waals surface area (Å²) in [6, 6.07) is 3.76. The van der Waals surface area contributed by atoms with Crippen LogP contribution in [0.3, 0.4) is 0 Å². The minimum Gasteiger partial charge on any atom is -0.459 e. The molecule has 2 heterocycles. The van der Waals surface area contributed by atoms with Crippen molar-refractivity contribution in [3.05, 3.63) is 17.9 Å². The Balaban J connectivity index is 1.95. The highest BCUT2D eigenvalue weighted by atomic mass is 16.6. The molecule has 0 spiro atoms. The Morgan fingerprint density at radius 1 is 1.55 bits per heavy atom. The van der Waals surface area contributed by atoms with Gasteiger partial charge in [0.15, 0.2) is 0 Å². The van der Waals surface area contributed by atoms with Crippen molar-refractivity contribution in [2.45, 2.75) is 13.0 Å². The summed E-state index contributed by atoms with van der Waals surface area (Å²) in [5.41, 5.74) is 0. The van der Waals surface area contributed by atoms with Crippen LogP contribution in [0.2, 0.25) is 0 Å². The molecule has 2 rings (SSSR count). The fourth-order valence-electron chi connectivity index (χ4n) is 0.985. The molecule has 0 bridgehead atoms. The van der Waals surface area contributed by atoms with Gasteiger partial charge in [0.05, 0.1) is 0 Å². The number of rotatable bonds is 2. The van der Waals surface area contributed by atoms with E-state index in [0.717, 1.165) is 18.8 Å². The van der Waals surface area contributed by atoms with E-state index in [-0.39, 0.29) is 0 Å². The molecule has 0 radical (unpaired) electrons. The lowest BCUT2D eigenvalue weighted by atomic mass is 10.2. The van der Waals surface area contributed by atoms with Crippen molar-refractivity contribution in [2.24, 2.45) is 0 Å². The molecule has 1 aliphatic rings. The summed E-state index contributed by atoms with van der Waals surface area (Å²) < 4.78 is 10.7. The highest BCUT2D eigenvalue weighted by Gasteiger charge is 2.19. The van der Waals surface area contributed by atoms with Crippen molar-refractivity contribution in [1.29, 1.82) is 0 Å². The third-order valence-electron chi connectivity index (χ3n) is 1.74. The molecule has 0 amide bonds. The van der Waals surface area contributed by atoms with Gasteiger partial charge in [0.1, 0.15) is 11.9 Å². The van der Waals surface area contributed by atoms with Gasteiger partial charge in [0, 0.05) is 19.2 Å². The van der Waals surface area contributed by atoms with Crippen LogP contribution in [0.5, 0.6) is 5.95 Å². The molecule has 0 unspecified atom stereocenters. The third kappa shape index (κ3) is 1.38. The first-order chi connectivity index (χ1) is 5.34. The highest BCUT2D eigenvalue weighted by Crippen LogP contribution is 2.17. The Hall–Kier alpha value is -0.960. The van der Waals surface area contributed by atoms with E-state index in [4.69, 9.17) is 9.15 Å². The molecular weight excluding hydrogens is 142 g/mol. The smallest absolute Gasteiger partial charge is 0.284 e. The standard InChI is InChI=1S/C8H11NO2/c1-6-2-3-8(10-6)11-7-4-9-5-7/h2-3,7,9H,4-5H2,1H3. The van der Waals surface area contributed by atoms with Crippen molar-refractivity contribution < 1.29 is 9.15 Å². The Labute approximate surface area is 65.3 Å². The van der Waals surface area contributed by atoms with Crippen LogP contribution < -0.4 is 10.1 Å². The van der Waals surface area contributed by atoms with Gasteiger partial charge in [0.25, 0.3) is 5.95 Å². The summed E-state index contributed by atoms with van der Waals surface area (Å²) in [6.07, 6.45) is 0.306. The molecule has 1 aromatic heterocycles. The molecule has 3 heteroatoms. The van der Waals surface area contributed by atoms with Crippen molar-refractivity contribution in [2.75, 3.05) is 13.1 Å². The minimum atomic E-state index is 0.306. The lowest BCUT2D eigenvalue weighted by molar-refractivity contribution is 0.108. The quantitative estimate of drug-likeness (QED) is 0.686. The summed E-state index contributed by atoms with van der Waals surface area (Å²) in [5, 5.41) is 3.12. The van der Waals surface area contributed by atoms with E-state index in [1.165, 1.54) is 0 Å². The molecule has 3 nitrogen and oxygen atoms in total. The molecule has 0 atom stereocenters. The summed E-state index contributed by atoms with van der Waals surface area (Å²) in [5.74, 6) is 1.53. The summed E-state index contributed by atoms with van der Waals surface area (Å²) in [4.78, 5) is 0. The van der Waals surface area contributed by atoms with Crippen LogP contribution in [0.15, 0.2) is 16.5 Å². The average Bonchev–Trinajstić information content (AvgIpc) is 2.27. The monoisotopic (exact) mass is 153 g/mol. The van der Waals surface area contributed by atoms with Crippen LogP contribution in [-0.2, 0) is 0 Å². The van der Waals surface area contributed by atoms with Gasteiger partial charge in [-0.1, -0.05) is 0 Å². The zero-order valence-corrected chi connectivity index (χ0v) is 6.46. The first-order valence-electron chi connectivity index (χ1n) is 3.78. The second-order valence-corrected chi connectivity index (χ2v) is 2.76. The normalized spacial score (nSPS) is 17.9. The van der Waals surface area contributed by atoms with Crippen molar-refractivity contribution >= 4 is 0 Å². The molecule has 11 heavy (non-hydrogen) atoms. The number of aryl methyl sites for hydroxylation is 1. The van der Waals surface area contributed by atoms with Gasteiger partial charge in [-0.05, 0) is 13.0 Å². The van der Waals surface area contributed by atoms with E-state index < -0.39 is 0 Å². The van der Waals surface area contributed by atoms with Crippen LogP contribution in [0.4, 0.5) is 0 Å². The zero-order valence-electron chi connectivity index (χ0n) is 6.46. The van der Waals surface area contributed by atoms with E-state index in [1.54, 1.807) is 0 Å². The van der Waals surface area contributed by atoms with Crippen molar-refractivity contribution in [1.82, 2.24) is 5.32 Å². The van der Waals surface area contributed by atoms with E-state index in [2.05, 4.69) is 5.32 Å². The Bertz CT molecular complexity index is 240. The fourth-order valence-corrected chi connectivity index (χ4v) is 0.985. The van der Waals surface area contributed by atoms with E-state index in [1.807, 2.05) is 19.1 Å². The molecule has 0 aliphatic carbocycles. The SMILES string of the molecule is Cc1ccc(OC2CNC2)o1. The predicted molar refractivity (Wildman–Crippen MR) is 40.7 cm³/mol. The van der Waals surface area contributed by atoms with E-state index in [0.29, 0.717) is 12.1 Å². The number of hydrogen-bond donors (Lipinski definition) is 1. The zero-order chi connectivity index (χ0) is 7.68. The van der Waals surface area contributed by atoms with Gasteiger partial charge in [-0.25, -0.2) is 0 Å². The number of ether oxygens (including phenoxy) is 1. The molecule has 0 saturated carbocycles. The average molecular weight is 153 g/mol. The van der Waals surface area contributed by atoms with Crippen LogP contribution in [0.1, 0.15) is 5.76 Å². The predicted octanol–water partition coefficient (Wildman–Crippen LogP) is 0.939. The summed E-state index contributed by atoms with van der Waals surface area (Å²) in [6.45, 7) is 3.77. The van der Waals surface area contributed by atoms with Gasteiger partial charge in [-0.3, -0.25) is 0 Å². The van der Waals surface area contributed by atoms with Gasteiger partial charge in [-0.15, -0.1) is 0 Å². The Morgan fingerprint density at radius 3 is 2.82 bits per heavy atom. The third-order valence-corrected chi connectivity index (χ3v) is 1.74. The largest absolute Gasteiger partial charge is 0.459 e. The van der Waals surface area contributed by atoms with E-state index >= 15 is 0 Å². The van der Waals surface area contributed by atoms with E-state index in [9.17, 15) is 0 Å². The second kappa shape index (κ2) is 2.58. The fraction of sp³-hybridized carbons (Fsp3) is 0.500. The maximum Gasteiger partial charge on any atom is 0.284 e. The van der Waals surface area contributed by atoms with Crippen molar-refractivity contribution in [3.63, 3.8) is 0 Å². The van der Waals surface area contributed by atoms with Gasteiger partial charge < -0.3 is 14.5 Å². The molecule has 60 valence electrons. The maximum atomic E-state index is 5.44. The summed E-state index contributed by atoms with van der Waals surface area (Å²) >= 11 is 0. The molecular formula is C8H11NO2. The molecule has 1 aromatic rings. The van der Waals surface area contributed by atoms with Crippen LogP contribution in [0, 0.1) is 6.92 Å². The molecule has 1 N–H and O–H groups in total. The Morgan fingerprint density at radius 2 is 2.36 bits per heavy atom. The lowest BCUT2D eigenvalue weighted by Crippen LogP contribution is -2.50. The van der Waals surface area contributed by atoms with Gasteiger partial charge >= 0.3 is 0 Å². The van der Waals surface area contributed by atoms with Gasteiger partial charge in [0.2, 0.25) is 0 Å². The summed E-state index contributed by atoms with van der Waals surface area (Å²) in [7, 11) is 0. The molecule has 0 aromatic carbocycles. The van der Waals surface area contributed by atoms with Gasteiger partial charge in [-0.2, -0.15) is 0 Å². The molecule has 1 aliphatic heterocycles. The first kappa shape index (κ1) is 6.73. The molecule has 1 saturated heterocycles. The van der Waals surface area contributed by atoms with Crippen molar-refractivity contribution in [3.8, 4) is 5.95 Å². The van der Waals surface area contributed by atoms with Crippen LogP contribution >= 0.6 is 0 Å². The second-order valence-electron chi connectivity index (χ2n) is 2.76. The number of hydrogen-bond acceptors (Lipinski definition) is 3. The minimum absolute atomic E-state index is 0.306. The Kier molecular flexibility index (Phi) is 1.58. The topological polar surface area (TPSA) is 34.4 Å². The first-order valence-corrected chi connectivity index (χ1v) is 3.78. The number of nitrogens with one attached hydrogen (secondary N) is 1. The highest BCUT2D eigenvalue weighted by molar-refractivity contribution is 5.11. The molecule has 1 fully saturated rings. The van der Waals surface area contributed by atoms with Crippen LogP contribution in [0.25, 0.3) is 0 Å². The van der Waals surface area contributed by atoms with Crippen LogP contribution in [-0.4, -0.2) is 19.2 Å².